The molecule has 0 heterocycles. The number of amides is 1. The van der Waals surface area contributed by atoms with E-state index in [1.807, 2.05) is 12.1 Å². The molecule has 1 aromatic carbocycles. The highest BCUT2D eigenvalue weighted by Gasteiger charge is 2.49. The van der Waals surface area contributed by atoms with Crippen LogP contribution in [0.1, 0.15) is 19.3 Å². The molecule has 2 fully saturated rings. The molecule has 2 aliphatic rings. The van der Waals surface area contributed by atoms with Gasteiger partial charge in [0, 0.05) is 14.6 Å². The average Bonchev–Trinajstić information content (AvgIpc) is 2.93. The third kappa shape index (κ3) is 2.50. The summed E-state index contributed by atoms with van der Waals surface area (Å²) in [5.41, 5.74) is 7.02. The van der Waals surface area contributed by atoms with E-state index in [-0.39, 0.29) is 17.9 Å². The van der Waals surface area contributed by atoms with E-state index in [0.717, 1.165) is 22.1 Å². The predicted octanol–water partition coefficient (Wildman–Crippen LogP) is 3.26. The molecule has 19 heavy (non-hydrogen) atoms. The number of fused-ring (bicyclic) bond motifs is 2. The zero-order chi connectivity index (χ0) is 13.6. The quantitative estimate of drug-likeness (QED) is 0.762. The third-order valence-electron chi connectivity index (χ3n) is 4.47. The van der Waals surface area contributed by atoms with Gasteiger partial charge in [-0.25, -0.2) is 0 Å². The lowest BCUT2D eigenvalue weighted by Crippen LogP contribution is -2.42. The number of carbonyl (C=O) groups is 1. The van der Waals surface area contributed by atoms with Gasteiger partial charge in [0.25, 0.3) is 0 Å². The van der Waals surface area contributed by atoms with Gasteiger partial charge >= 0.3 is 0 Å². The molecule has 3 nitrogen and oxygen atoms in total. The van der Waals surface area contributed by atoms with Gasteiger partial charge in [0.2, 0.25) is 5.91 Å². The van der Waals surface area contributed by atoms with E-state index in [0.29, 0.717) is 16.9 Å². The fourth-order valence-corrected chi connectivity index (χ4v) is 4.54. The van der Waals surface area contributed by atoms with Gasteiger partial charge in [0.1, 0.15) is 0 Å². The first-order valence-corrected chi connectivity index (χ1v) is 8.03. The molecule has 5 heteroatoms. The van der Waals surface area contributed by atoms with Gasteiger partial charge in [-0.15, -0.1) is 0 Å². The highest BCUT2D eigenvalue weighted by atomic mass is 127. The van der Waals surface area contributed by atoms with Crippen molar-refractivity contribution in [3.05, 3.63) is 26.8 Å². The Morgan fingerprint density at radius 2 is 2.11 bits per heavy atom. The molecule has 0 aromatic heterocycles. The number of anilines is 1. The van der Waals surface area contributed by atoms with E-state index < -0.39 is 0 Å². The molecular weight excluding hydrogens is 375 g/mol. The Hall–Kier alpha value is -0.330. The lowest BCUT2D eigenvalue weighted by molar-refractivity contribution is -0.121. The molecule has 1 amide bonds. The predicted molar refractivity (Wildman–Crippen MR) is 85.1 cm³/mol. The van der Waals surface area contributed by atoms with Gasteiger partial charge in [0.05, 0.1) is 11.6 Å². The maximum atomic E-state index is 12.4. The van der Waals surface area contributed by atoms with Crippen LogP contribution < -0.4 is 11.1 Å². The summed E-state index contributed by atoms with van der Waals surface area (Å²) >= 11 is 8.10. The Morgan fingerprint density at radius 1 is 1.37 bits per heavy atom. The molecule has 4 unspecified atom stereocenters. The standard InChI is InChI=1S/C14H16ClIN2O/c15-9-3-4-11(10(16)6-9)18-14(19)12-7-1-2-8(5-7)13(12)17/h3-4,6-8,12-13H,1-2,5,17H2,(H,18,19). The average molecular weight is 391 g/mol. The zero-order valence-electron chi connectivity index (χ0n) is 10.4. The first-order valence-electron chi connectivity index (χ1n) is 6.58. The highest BCUT2D eigenvalue weighted by molar-refractivity contribution is 14.1. The Balaban J connectivity index is 1.75. The molecule has 0 radical (unpaired) electrons. The maximum absolute atomic E-state index is 12.4. The Kier molecular flexibility index (Phi) is 3.75. The maximum Gasteiger partial charge on any atom is 0.229 e. The second-order valence-corrected chi connectivity index (χ2v) is 7.15. The molecule has 0 saturated heterocycles. The molecular formula is C14H16ClIN2O. The van der Waals surface area contributed by atoms with Crippen molar-refractivity contribution in [2.24, 2.45) is 23.5 Å². The van der Waals surface area contributed by atoms with Crippen molar-refractivity contribution in [3.8, 4) is 0 Å². The van der Waals surface area contributed by atoms with Crippen LogP contribution in [0.2, 0.25) is 5.02 Å². The molecule has 4 atom stereocenters. The van der Waals surface area contributed by atoms with Crippen molar-refractivity contribution in [3.63, 3.8) is 0 Å². The van der Waals surface area contributed by atoms with Crippen LogP contribution in [0, 0.1) is 21.3 Å². The minimum atomic E-state index is -0.0229. The van der Waals surface area contributed by atoms with Crippen LogP contribution in [0.5, 0.6) is 0 Å². The van der Waals surface area contributed by atoms with E-state index in [1.54, 1.807) is 6.07 Å². The number of benzene rings is 1. The van der Waals surface area contributed by atoms with Crippen molar-refractivity contribution in [2.45, 2.75) is 25.3 Å². The van der Waals surface area contributed by atoms with Crippen LogP contribution in [0.15, 0.2) is 18.2 Å². The number of rotatable bonds is 2. The van der Waals surface area contributed by atoms with Crippen LogP contribution in [0.4, 0.5) is 5.69 Å². The van der Waals surface area contributed by atoms with Gasteiger partial charge in [0.15, 0.2) is 0 Å². The largest absolute Gasteiger partial charge is 0.327 e. The van der Waals surface area contributed by atoms with Gasteiger partial charge < -0.3 is 11.1 Å². The fraction of sp³-hybridized carbons (Fsp3) is 0.500. The topological polar surface area (TPSA) is 55.1 Å². The normalized spacial score (nSPS) is 32.6. The molecule has 3 rings (SSSR count). The summed E-state index contributed by atoms with van der Waals surface area (Å²) in [6, 6.07) is 5.52. The van der Waals surface area contributed by atoms with Crippen LogP contribution in [0.3, 0.4) is 0 Å². The second kappa shape index (κ2) is 5.22. The Morgan fingerprint density at radius 3 is 2.74 bits per heavy atom. The molecule has 0 aliphatic heterocycles. The van der Waals surface area contributed by atoms with Gasteiger partial charge in [-0.2, -0.15) is 0 Å². The van der Waals surface area contributed by atoms with Gasteiger partial charge in [-0.1, -0.05) is 11.6 Å². The van der Waals surface area contributed by atoms with Crippen molar-refractivity contribution in [1.82, 2.24) is 0 Å². The lowest BCUT2D eigenvalue weighted by Gasteiger charge is -2.27. The number of hydrogen-bond acceptors (Lipinski definition) is 2. The van der Waals surface area contributed by atoms with Crippen molar-refractivity contribution in [2.75, 3.05) is 5.32 Å². The highest BCUT2D eigenvalue weighted by Crippen LogP contribution is 2.48. The van der Waals surface area contributed by atoms with Crippen molar-refractivity contribution in [1.29, 1.82) is 0 Å². The van der Waals surface area contributed by atoms with Crippen LogP contribution in [0.25, 0.3) is 0 Å². The molecule has 2 bridgehead atoms. The monoisotopic (exact) mass is 390 g/mol. The van der Waals surface area contributed by atoms with E-state index in [4.69, 9.17) is 17.3 Å². The van der Waals surface area contributed by atoms with Crippen LogP contribution >= 0.6 is 34.2 Å². The lowest BCUT2D eigenvalue weighted by atomic mass is 9.84. The van der Waals surface area contributed by atoms with Crippen molar-refractivity contribution < 1.29 is 4.79 Å². The molecule has 3 N–H and O–H groups in total. The van der Waals surface area contributed by atoms with E-state index >= 15 is 0 Å². The van der Waals surface area contributed by atoms with Gasteiger partial charge in [-0.05, 0) is 71.9 Å². The summed E-state index contributed by atoms with van der Waals surface area (Å²) in [7, 11) is 0. The summed E-state index contributed by atoms with van der Waals surface area (Å²) in [6.07, 6.45) is 3.46. The van der Waals surface area contributed by atoms with Crippen LogP contribution in [-0.4, -0.2) is 11.9 Å². The smallest absolute Gasteiger partial charge is 0.229 e. The number of halogens is 2. The Labute approximate surface area is 131 Å². The summed E-state index contributed by atoms with van der Waals surface area (Å²) in [6.45, 7) is 0. The molecule has 2 saturated carbocycles. The second-order valence-electron chi connectivity index (χ2n) is 5.55. The first kappa shape index (κ1) is 13.6. The summed E-state index contributed by atoms with van der Waals surface area (Å²) in [4.78, 5) is 12.4. The SMILES string of the molecule is NC1C2CCC(C2)C1C(=O)Nc1ccc(Cl)cc1I. The van der Waals surface area contributed by atoms with E-state index in [1.165, 1.54) is 6.42 Å². The number of hydrogen-bond donors (Lipinski definition) is 2. The molecule has 0 spiro atoms. The van der Waals surface area contributed by atoms with Crippen molar-refractivity contribution >= 4 is 45.8 Å². The molecule has 2 aliphatic carbocycles. The molecule has 102 valence electrons. The van der Waals surface area contributed by atoms with E-state index in [2.05, 4.69) is 27.9 Å². The van der Waals surface area contributed by atoms with E-state index in [9.17, 15) is 4.79 Å². The van der Waals surface area contributed by atoms with Gasteiger partial charge in [-0.3, -0.25) is 4.79 Å². The summed E-state index contributed by atoms with van der Waals surface area (Å²) in [5.74, 6) is 1.07. The zero-order valence-corrected chi connectivity index (χ0v) is 13.3. The fourth-order valence-electron chi connectivity index (χ4n) is 3.53. The summed E-state index contributed by atoms with van der Waals surface area (Å²) < 4.78 is 0.954. The minimum absolute atomic E-state index is 0.0229. The molecule has 1 aromatic rings. The number of nitrogens with one attached hydrogen (secondary N) is 1. The first-order chi connectivity index (χ1) is 9.06. The minimum Gasteiger partial charge on any atom is -0.327 e. The number of carbonyl (C=O) groups excluding carboxylic acids is 1. The third-order valence-corrected chi connectivity index (χ3v) is 5.60. The summed E-state index contributed by atoms with van der Waals surface area (Å²) in [5, 5.41) is 3.69. The number of nitrogens with two attached hydrogens (primary N) is 1. The Bertz CT molecular complexity index is 520. The van der Waals surface area contributed by atoms with Crippen LogP contribution in [-0.2, 0) is 4.79 Å².